The van der Waals surface area contributed by atoms with E-state index >= 15 is 0 Å². The first kappa shape index (κ1) is 44.2. The first-order chi connectivity index (χ1) is 19.5. The molecule has 2 aliphatic rings. The van der Waals surface area contributed by atoms with Crippen LogP contribution in [-0.4, -0.2) is 95.0 Å². The van der Waals surface area contributed by atoms with Crippen LogP contribution < -0.4 is 10.2 Å². The van der Waals surface area contributed by atoms with Crippen molar-refractivity contribution in [2.75, 3.05) is 0 Å². The molecular formula is C36H62BaN4O4. The second-order valence-electron chi connectivity index (χ2n) is 17.2. The Kier molecular flexibility index (Phi) is 14.1. The Hall–Kier alpha value is -0.809. The van der Waals surface area contributed by atoms with Gasteiger partial charge in [0, 0.05) is 32.5 Å². The summed E-state index contributed by atoms with van der Waals surface area (Å²) in [6.07, 6.45) is 3.49. The van der Waals surface area contributed by atoms with Crippen LogP contribution >= 0.6 is 0 Å². The molecule has 9 heteroatoms. The second kappa shape index (κ2) is 14.4. The van der Waals surface area contributed by atoms with Gasteiger partial charge in [-0.05, 0) is 25.7 Å². The fraction of sp³-hybridized carbons (Fsp3) is 0.833. The van der Waals surface area contributed by atoms with Gasteiger partial charge in [0.1, 0.15) is 0 Å². The summed E-state index contributed by atoms with van der Waals surface area (Å²) in [6, 6.07) is 0. The number of nitrogens with zero attached hydrogens (tertiary/aromatic N) is 4. The number of aliphatic imine (C=N–C) groups is 4. The number of hydrogen-bond acceptors (Lipinski definition) is 8. The van der Waals surface area contributed by atoms with Crippen LogP contribution in [0.3, 0.4) is 0 Å². The third-order valence-electron chi connectivity index (χ3n) is 10.3. The minimum atomic E-state index is -1.53. The molecule has 0 bridgehead atoms. The maximum atomic E-state index is 12.0. The fourth-order valence-corrected chi connectivity index (χ4v) is 4.93. The first-order valence-electron chi connectivity index (χ1n) is 16.3. The van der Waals surface area contributed by atoms with Crippen molar-refractivity contribution in [3.63, 3.8) is 0 Å². The van der Waals surface area contributed by atoms with Gasteiger partial charge < -0.3 is 19.8 Å². The average Bonchev–Trinajstić information content (AvgIpc) is 3.53. The summed E-state index contributed by atoms with van der Waals surface area (Å²) in [7, 11) is 0. The molecule has 0 unspecified atom stereocenters. The predicted octanol–water partition coefficient (Wildman–Crippen LogP) is 6.11. The molecule has 0 spiro atoms. The summed E-state index contributed by atoms with van der Waals surface area (Å²) < 4.78 is 0. The standard InChI is InChI=1S/2C18H32N2O2.Ba/c2*1-10-16(6,7)12-13(17(8,9)11-2)20-18(19-12,14(21)22)15(3,4)5;/h2*10-11H2,1-9H3,(H,21,22);/q;;+2/p-2. The second-order valence-corrected chi connectivity index (χ2v) is 17.2. The molecule has 0 saturated carbocycles. The van der Waals surface area contributed by atoms with Crippen molar-refractivity contribution in [1.29, 1.82) is 0 Å². The van der Waals surface area contributed by atoms with Crippen LogP contribution in [0.25, 0.3) is 0 Å². The molecule has 0 fully saturated rings. The number of carbonyl (C=O) groups is 2. The Labute approximate surface area is 315 Å². The van der Waals surface area contributed by atoms with E-state index in [1.807, 2.05) is 41.5 Å². The van der Waals surface area contributed by atoms with Crippen LogP contribution in [0.1, 0.15) is 150 Å². The van der Waals surface area contributed by atoms with Gasteiger partial charge in [0.2, 0.25) is 0 Å². The van der Waals surface area contributed by atoms with Gasteiger partial charge >= 0.3 is 48.9 Å². The molecule has 8 nitrogen and oxygen atoms in total. The smallest absolute Gasteiger partial charge is 0.545 e. The monoisotopic (exact) mass is 752 g/mol. The Balaban J connectivity index is 0.000000842. The summed E-state index contributed by atoms with van der Waals surface area (Å²) in [5.74, 6) is -2.43. The van der Waals surface area contributed by atoms with Crippen molar-refractivity contribution in [2.24, 2.45) is 52.5 Å². The van der Waals surface area contributed by atoms with Crippen molar-refractivity contribution < 1.29 is 19.8 Å². The Morgan fingerprint density at radius 3 is 0.711 bits per heavy atom. The summed E-state index contributed by atoms with van der Waals surface area (Å²) in [5.41, 5.74) is -1.93. The van der Waals surface area contributed by atoms with Gasteiger partial charge in [0.25, 0.3) is 0 Å². The number of carboxylic acid groups (broad SMARTS) is 2. The Morgan fingerprint density at radius 2 is 0.622 bits per heavy atom. The topological polar surface area (TPSA) is 130 Å². The van der Waals surface area contributed by atoms with Gasteiger partial charge in [0.15, 0.2) is 11.3 Å². The SMILES string of the molecule is CCC(C)(C)C1=NC(C(=O)[O-])(C(C)(C)C)N=C1C(C)(C)CC.CCC(C)(C)C1=NC(C(=O)[O-])(C(C)(C)C)N=C1C(C)(C)CC.[Ba+2]. The quantitative estimate of drug-likeness (QED) is 0.250. The number of carboxylic acids is 2. The molecule has 0 aliphatic carbocycles. The van der Waals surface area contributed by atoms with Gasteiger partial charge in [-0.2, -0.15) is 0 Å². The maximum Gasteiger partial charge on any atom is 2.00 e. The van der Waals surface area contributed by atoms with Crippen molar-refractivity contribution in [1.82, 2.24) is 0 Å². The van der Waals surface area contributed by atoms with Crippen LogP contribution in [0, 0.1) is 32.5 Å². The van der Waals surface area contributed by atoms with Gasteiger partial charge in [-0.3, -0.25) is 20.0 Å². The molecule has 2 aliphatic heterocycles. The zero-order valence-electron chi connectivity index (χ0n) is 32.0. The number of aliphatic carboxylic acids is 2. The minimum Gasteiger partial charge on any atom is -0.545 e. The summed E-state index contributed by atoms with van der Waals surface area (Å²) in [6.45, 7) is 36.3. The van der Waals surface area contributed by atoms with Crippen molar-refractivity contribution in [2.45, 2.75) is 162 Å². The van der Waals surface area contributed by atoms with Gasteiger partial charge in [-0.15, -0.1) is 0 Å². The van der Waals surface area contributed by atoms with E-state index in [2.05, 4.69) is 103 Å². The van der Waals surface area contributed by atoms with E-state index in [9.17, 15) is 19.8 Å². The zero-order valence-corrected chi connectivity index (χ0v) is 36.4. The molecule has 0 aromatic rings. The van der Waals surface area contributed by atoms with Crippen LogP contribution in [0.4, 0.5) is 0 Å². The maximum absolute atomic E-state index is 12.0. The molecule has 0 atom stereocenters. The van der Waals surface area contributed by atoms with Crippen LogP contribution in [0.2, 0.25) is 0 Å². The van der Waals surface area contributed by atoms with E-state index in [1.165, 1.54) is 0 Å². The molecule has 0 saturated heterocycles. The molecule has 0 aromatic heterocycles. The molecule has 2 rings (SSSR count). The molecule has 0 radical (unpaired) electrons. The summed E-state index contributed by atoms with van der Waals surface area (Å²) in [5, 5.41) is 23.9. The largest absolute Gasteiger partial charge is 2.00 e. The molecular weight excluding hydrogens is 690 g/mol. The van der Waals surface area contributed by atoms with Crippen molar-refractivity contribution in [3.05, 3.63) is 0 Å². The molecule has 2 heterocycles. The van der Waals surface area contributed by atoms with Crippen molar-refractivity contribution >= 4 is 83.7 Å². The number of rotatable bonds is 10. The molecule has 45 heavy (non-hydrogen) atoms. The van der Waals surface area contributed by atoms with E-state index in [0.717, 1.165) is 48.5 Å². The fourth-order valence-electron chi connectivity index (χ4n) is 4.93. The van der Waals surface area contributed by atoms with E-state index in [0.29, 0.717) is 0 Å². The summed E-state index contributed by atoms with van der Waals surface area (Å²) in [4.78, 5) is 42.7. The van der Waals surface area contributed by atoms with Crippen LogP contribution in [0.5, 0.6) is 0 Å². The number of hydrogen-bond donors (Lipinski definition) is 0. The van der Waals surface area contributed by atoms with Crippen LogP contribution in [-0.2, 0) is 9.59 Å². The van der Waals surface area contributed by atoms with E-state index < -0.39 is 34.1 Å². The predicted molar refractivity (Wildman–Crippen MR) is 186 cm³/mol. The van der Waals surface area contributed by atoms with Gasteiger partial charge in [-0.25, -0.2) is 0 Å². The number of carbonyl (C=O) groups excluding carboxylic acids is 2. The molecule has 0 N–H and O–H groups in total. The summed E-state index contributed by atoms with van der Waals surface area (Å²) >= 11 is 0. The van der Waals surface area contributed by atoms with Gasteiger partial charge in [0.05, 0.1) is 34.8 Å². The molecule has 0 aromatic carbocycles. The normalized spacial score (nSPS) is 18.5. The zero-order chi connectivity index (χ0) is 35.1. The van der Waals surface area contributed by atoms with Gasteiger partial charge in [-0.1, -0.05) is 125 Å². The molecule has 252 valence electrons. The first-order valence-corrected chi connectivity index (χ1v) is 16.3. The molecule has 0 amide bonds. The third-order valence-corrected chi connectivity index (χ3v) is 10.3. The minimum absolute atomic E-state index is 0. The van der Waals surface area contributed by atoms with E-state index in [-0.39, 0.29) is 70.5 Å². The Bertz CT molecular complexity index is 1080. The van der Waals surface area contributed by atoms with E-state index in [4.69, 9.17) is 0 Å². The average molecular weight is 752 g/mol. The van der Waals surface area contributed by atoms with Crippen molar-refractivity contribution in [3.8, 4) is 0 Å². The van der Waals surface area contributed by atoms with E-state index in [1.54, 1.807) is 0 Å². The Morgan fingerprint density at radius 1 is 0.467 bits per heavy atom. The van der Waals surface area contributed by atoms with Crippen LogP contribution in [0.15, 0.2) is 20.0 Å². The third kappa shape index (κ3) is 8.44.